The molecule has 0 spiro atoms. The first-order valence-electron chi connectivity index (χ1n) is 9.33. The van der Waals surface area contributed by atoms with Crippen LogP contribution in [-0.4, -0.2) is 55.5 Å². The van der Waals surface area contributed by atoms with Crippen molar-refractivity contribution in [2.24, 2.45) is 0 Å². The van der Waals surface area contributed by atoms with Crippen molar-refractivity contribution in [2.45, 2.75) is 32.4 Å². The number of nitrogens with zero attached hydrogens (tertiary/aromatic N) is 5. The third-order valence-corrected chi connectivity index (χ3v) is 4.50. The molecular weight excluding hydrogens is 380 g/mol. The van der Waals surface area contributed by atoms with Gasteiger partial charge in [0.05, 0.1) is 11.8 Å². The Morgan fingerprint density at radius 3 is 3.00 bits per heavy atom. The van der Waals surface area contributed by atoms with Gasteiger partial charge in [0.2, 0.25) is 5.95 Å². The number of aromatic nitrogens is 5. The van der Waals surface area contributed by atoms with Crippen molar-refractivity contribution < 1.29 is 13.9 Å². The van der Waals surface area contributed by atoms with Crippen molar-refractivity contribution in [3.63, 3.8) is 0 Å². The van der Waals surface area contributed by atoms with E-state index in [0.717, 1.165) is 29.9 Å². The van der Waals surface area contributed by atoms with Crippen molar-refractivity contribution >= 4 is 11.8 Å². The maximum Gasteiger partial charge on any atom is 0.257 e. The van der Waals surface area contributed by atoms with Crippen LogP contribution in [0.4, 0.5) is 20.5 Å². The van der Waals surface area contributed by atoms with Crippen molar-refractivity contribution in [3.8, 4) is 22.5 Å². The SMILES string of the molecule is C[C@H](O)CNc1nccc(-c2cn(CC(F)F)nc2-c2cnc3c(c2)CCN3)n1. The molecule has 3 aromatic heterocycles. The fourth-order valence-corrected chi connectivity index (χ4v) is 3.19. The number of hydrogen-bond donors (Lipinski definition) is 3. The minimum atomic E-state index is -2.52. The Kier molecular flexibility index (Phi) is 5.34. The number of alkyl halides is 2. The first-order chi connectivity index (χ1) is 14.0. The zero-order valence-electron chi connectivity index (χ0n) is 15.8. The van der Waals surface area contributed by atoms with Gasteiger partial charge in [0.25, 0.3) is 6.43 Å². The smallest absolute Gasteiger partial charge is 0.257 e. The van der Waals surface area contributed by atoms with E-state index in [4.69, 9.17) is 0 Å². The van der Waals surface area contributed by atoms with Crippen molar-refractivity contribution in [3.05, 3.63) is 36.3 Å². The van der Waals surface area contributed by atoms with E-state index >= 15 is 0 Å². The Labute approximate surface area is 166 Å². The molecule has 10 heteroatoms. The summed E-state index contributed by atoms with van der Waals surface area (Å²) in [6.07, 6.45) is 2.59. The zero-order chi connectivity index (χ0) is 20.4. The summed E-state index contributed by atoms with van der Waals surface area (Å²) >= 11 is 0. The van der Waals surface area contributed by atoms with Gasteiger partial charge in [0, 0.05) is 42.8 Å². The highest BCUT2D eigenvalue weighted by Crippen LogP contribution is 2.32. The first-order valence-corrected chi connectivity index (χ1v) is 9.33. The average molecular weight is 401 g/mol. The fraction of sp³-hybridized carbons (Fsp3) is 0.368. The van der Waals surface area contributed by atoms with Gasteiger partial charge < -0.3 is 15.7 Å². The molecule has 0 unspecified atom stereocenters. The average Bonchev–Trinajstić information content (AvgIpc) is 3.32. The molecule has 3 aromatic rings. The van der Waals surface area contributed by atoms with E-state index < -0.39 is 19.1 Å². The Balaban J connectivity index is 1.74. The van der Waals surface area contributed by atoms with Gasteiger partial charge in [-0.05, 0) is 31.0 Å². The van der Waals surface area contributed by atoms with Crippen LogP contribution in [0.15, 0.2) is 30.7 Å². The zero-order valence-corrected chi connectivity index (χ0v) is 15.8. The summed E-state index contributed by atoms with van der Waals surface area (Å²) in [5.41, 5.74) is 3.50. The fourth-order valence-electron chi connectivity index (χ4n) is 3.19. The summed E-state index contributed by atoms with van der Waals surface area (Å²) in [6.45, 7) is 2.26. The predicted octanol–water partition coefficient (Wildman–Crippen LogP) is 2.43. The lowest BCUT2D eigenvalue weighted by atomic mass is 10.1. The molecule has 0 saturated heterocycles. The van der Waals surface area contributed by atoms with E-state index in [1.54, 1.807) is 31.6 Å². The molecule has 4 heterocycles. The van der Waals surface area contributed by atoms with E-state index in [0.29, 0.717) is 29.4 Å². The third kappa shape index (κ3) is 4.32. The molecule has 0 aromatic carbocycles. The molecule has 8 nitrogen and oxygen atoms in total. The number of aliphatic hydroxyl groups excluding tert-OH is 1. The molecule has 152 valence electrons. The molecule has 1 aliphatic heterocycles. The summed E-state index contributed by atoms with van der Waals surface area (Å²) < 4.78 is 27.1. The highest BCUT2D eigenvalue weighted by Gasteiger charge is 2.19. The van der Waals surface area contributed by atoms with E-state index in [9.17, 15) is 13.9 Å². The van der Waals surface area contributed by atoms with E-state index in [1.807, 2.05) is 6.07 Å². The van der Waals surface area contributed by atoms with Crippen molar-refractivity contribution in [1.82, 2.24) is 24.7 Å². The second-order valence-electron chi connectivity index (χ2n) is 6.91. The number of halogens is 2. The number of aliphatic hydroxyl groups is 1. The van der Waals surface area contributed by atoms with Crippen LogP contribution in [0.3, 0.4) is 0 Å². The molecule has 3 N–H and O–H groups in total. The van der Waals surface area contributed by atoms with Crippen LogP contribution in [0, 0.1) is 0 Å². The quantitative estimate of drug-likeness (QED) is 0.559. The maximum atomic E-state index is 12.9. The summed E-state index contributed by atoms with van der Waals surface area (Å²) in [6, 6.07) is 3.68. The van der Waals surface area contributed by atoms with Gasteiger partial charge in [-0.25, -0.2) is 23.7 Å². The van der Waals surface area contributed by atoms with Gasteiger partial charge in [-0.2, -0.15) is 5.10 Å². The molecule has 29 heavy (non-hydrogen) atoms. The molecule has 1 aliphatic rings. The molecule has 1 atom stereocenters. The monoisotopic (exact) mass is 401 g/mol. The van der Waals surface area contributed by atoms with E-state index in [-0.39, 0.29) is 0 Å². The standard InChI is InChI=1S/C19H21F2N7O/c1-11(29)7-25-19-23-5-3-15(26-19)14-9-28(10-16(20)21)27-17(14)13-6-12-2-4-22-18(12)24-8-13/h3,5-6,8-9,11,16,29H,2,4,7,10H2,1H3,(H,22,24)(H,23,25,26)/t11-/m0/s1. The van der Waals surface area contributed by atoms with Crippen molar-refractivity contribution in [2.75, 3.05) is 23.7 Å². The third-order valence-electron chi connectivity index (χ3n) is 4.50. The van der Waals surface area contributed by atoms with Crippen LogP contribution in [0.1, 0.15) is 12.5 Å². The number of fused-ring (bicyclic) bond motifs is 1. The second-order valence-corrected chi connectivity index (χ2v) is 6.91. The Morgan fingerprint density at radius 1 is 1.34 bits per heavy atom. The minimum Gasteiger partial charge on any atom is -0.392 e. The Bertz CT molecular complexity index is 1010. The Morgan fingerprint density at radius 2 is 2.21 bits per heavy atom. The molecule has 0 fully saturated rings. The lowest BCUT2D eigenvalue weighted by Gasteiger charge is -2.08. The predicted molar refractivity (Wildman–Crippen MR) is 105 cm³/mol. The highest BCUT2D eigenvalue weighted by molar-refractivity contribution is 5.79. The molecule has 0 aliphatic carbocycles. The van der Waals surface area contributed by atoms with Crippen LogP contribution in [0.2, 0.25) is 0 Å². The lowest BCUT2D eigenvalue weighted by Crippen LogP contribution is -2.16. The van der Waals surface area contributed by atoms with Crippen LogP contribution in [0.5, 0.6) is 0 Å². The normalized spacial score (nSPS) is 14.0. The van der Waals surface area contributed by atoms with Gasteiger partial charge in [-0.15, -0.1) is 0 Å². The van der Waals surface area contributed by atoms with Gasteiger partial charge in [0.1, 0.15) is 18.1 Å². The number of anilines is 2. The van der Waals surface area contributed by atoms with Crippen LogP contribution in [-0.2, 0) is 13.0 Å². The molecule has 4 rings (SSSR count). The van der Waals surface area contributed by atoms with E-state index in [1.165, 1.54) is 4.68 Å². The van der Waals surface area contributed by atoms with Crippen LogP contribution in [0.25, 0.3) is 22.5 Å². The molecular formula is C19H21F2N7O. The summed E-state index contributed by atoms with van der Waals surface area (Å²) in [7, 11) is 0. The molecule has 0 bridgehead atoms. The molecule has 0 radical (unpaired) electrons. The van der Waals surface area contributed by atoms with Gasteiger partial charge >= 0.3 is 0 Å². The topological polar surface area (TPSA) is 101 Å². The number of nitrogens with one attached hydrogen (secondary N) is 2. The Hall–Kier alpha value is -3.14. The van der Waals surface area contributed by atoms with Crippen LogP contribution < -0.4 is 10.6 Å². The first kappa shape index (κ1) is 19.2. The largest absolute Gasteiger partial charge is 0.392 e. The van der Waals surface area contributed by atoms with Gasteiger partial charge in [-0.3, -0.25) is 4.68 Å². The molecule has 0 amide bonds. The minimum absolute atomic E-state index is 0.294. The van der Waals surface area contributed by atoms with Crippen molar-refractivity contribution in [1.29, 1.82) is 0 Å². The highest BCUT2D eigenvalue weighted by atomic mass is 19.3. The maximum absolute atomic E-state index is 12.9. The number of pyridine rings is 1. The lowest BCUT2D eigenvalue weighted by molar-refractivity contribution is 0.122. The second kappa shape index (κ2) is 8.08. The molecule has 0 saturated carbocycles. The van der Waals surface area contributed by atoms with E-state index in [2.05, 4.69) is 30.7 Å². The number of rotatable bonds is 7. The van der Waals surface area contributed by atoms with Crippen LogP contribution >= 0.6 is 0 Å². The summed E-state index contributed by atoms with van der Waals surface area (Å²) in [5, 5.41) is 20.0. The summed E-state index contributed by atoms with van der Waals surface area (Å²) in [5.74, 6) is 1.18. The number of hydrogen-bond acceptors (Lipinski definition) is 7. The van der Waals surface area contributed by atoms with Gasteiger partial charge in [-0.1, -0.05) is 0 Å². The summed E-state index contributed by atoms with van der Waals surface area (Å²) in [4.78, 5) is 13.0. The van der Waals surface area contributed by atoms with Gasteiger partial charge in [0.15, 0.2) is 0 Å².